The highest BCUT2D eigenvalue weighted by Crippen LogP contribution is 2.33. The molecule has 8 nitrogen and oxygen atoms in total. The Kier molecular flexibility index (Phi) is 7.24. The lowest BCUT2D eigenvalue weighted by Crippen LogP contribution is -2.33. The molecule has 3 aromatic carbocycles. The summed E-state index contributed by atoms with van der Waals surface area (Å²) in [6.45, 7) is 0.327. The van der Waals surface area contributed by atoms with Crippen LogP contribution >= 0.6 is 23.4 Å². The van der Waals surface area contributed by atoms with Gasteiger partial charge in [0, 0.05) is 18.6 Å². The van der Waals surface area contributed by atoms with Crippen LogP contribution in [0.4, 0.5) is 17.1 Å². The molecule has 0 aliphatic carbocycles. The van der Waals surface area contributed by atoms with Gasteiger partial charge in [-0.1, -0.05) is 71.9 Å². The Morgan fingerprint density at radius 3 is 2.44 bits per heavy atom. The van der Waals surface area contributed by atoms with Crippen molar-refractivity contribution in [2.24, 2.45) is 4.99 Å². The fraction of sp³-hybridized carbons (Fsp3) is 0.125. The van der Waals surface area contributed by atoms with E-state index in [-0.39, 0.29) is 28.7 Å². The number of rotatable bonds is 7. The Bertz CT molecular complexity index is 1250. The summed E-state index contributed by atoms with van der Waals surface area (Å²) in [5.74, 6) is -0.710. The van der Waals surface area contributed by atoms with E-state index in [4.69, 9.17) is 11.6 Å². The van der Waals surface area contributed by atoms with Crippen LogP contribution in [0.1, 0.15) is 12.0 Å². The number of nitrogens with one attached hydrogen (secondary N) is 1. The molecule has 1 heterocycles. The second-order valence-corrected chi connectivity index (χ2v) is 9.00. The molecule has 1 aliphatic heterocycles. The number of carbonyl (C=O) groups is 2. The van der Waals surface area contributed by atoms with E-state index in [1.807, 2.05) is 60.7 Å². The summed E-state index contributed by atoms with van der Waals surface area (Å²) >= 11 is 7.30. The molecule has 34 heavy (non-hydrogen) atoms. The topological polar surface area (TPSA) is 105 Å². The molecule has 1 saturated heterocycles. The zero-order valence-electron chi connectivity index (χ0n) is 17.8. The number of nitro benzene ring substituents is 1. The number of non-ortho nitro benzene ring substituents is 1. The van der Waals surface area contributed by atoms with Crippen LogP contribution in [-0.2, 0) is 16.1 Å². The van der Waals surface area contributed by atoms with E-state index < -0.39 is 16.1 Å². The Hall–Kier alpha value is -3.69. The van der Waals surface area contributed by atoms with Crippen molar-refractivity contribution in [1.29, 1.82) is 0 Å². The van der Waals surface area contributed by atoms with E-state index in [2.05, 4.69) is 10.3 Å². The van der Waals surface area contributed by atoms with Gasteiger partial charge in [-0.15, -0.1) is 0 Å². The van der Waals surface area contributed by atoms with Gasteiger partial charge in [0.05, 0.1) is 27.9 Å². The SMILES string of the molecule is O=C(CC1SC(=Nc2ccccc2)N(Cc2ccccc2)C1=O)Nc1cc([N+](=O)[O-])ccc1Cl. The number of hydrogen-bond donors (Lipinski definition) is 1. The van der Waals surface area contributed by atoms with Gasteiger partial charge in [-0.2, -0.15) is 0 Å². The molecule has 0 bridgehead atoms. The number of anilines is 1. The first-order valence-corrected chi connectivity index (χ1v) is 11.6. The van der Waals surface area contributed by atoms with Gasteiger partial charge < -0.3 is 5.32 Å². The van der Waals surface area contributed by atoms with Gasteiger partial charge in [-0.05, 0) is 23.8 Å². The predicted octanol–water partition coefficient (Wildman–Crippen LogP) is 5.41. The molecule has 0 radical (unpaired) electrons. The van der Waals surface area contributed by atoms with Crippen molar-refractivity contribution in [2.75, 3.05) is 5.32 Å². The van der Waals surface area contributed by atoms with Crippen molar-refractivity contribution in [3.63, 3.8) is 0 Å². The third-order valence-corrected chi connectivity index (χ3v) is 6.50. The molecule has 3 aromatic rings. The average Bonchev–Trinajstić information content (AvgIpc) is 3.10. The first-order valence-electron chi connectivity index (χ1n) is 10.3. The molecule has 1 unspecified atom stereocenters. The lowest BCUT2D eigenvalue weighted by Gasteiger charge is -2.16. The number of hydrogen-bond acceptors (Lipinski definition) is 6. The number of para-hydroxylation sites is 1. The highest BCUT2D eigenvalue weighted by Gasteiger charge is 2.39. The second-order valence-electron chi connectivity index (χ2n) is 7.42. The smallest absolute Gasteiger partial charge is 0.271 e. The van der Waals surface area contributed by atoms with Gasteiger partial charge in [0.2, 0.25) is 11.8 Å². The molecular weight excluding hydrogens is 476 g/mol. The average molecular weight is 495 g/mol. The van der Waals surface area contributed by atoms with Crippen LogP contribution < -0.4 is 5.32 Å². The maximum atomic E-state index is 13.2. The maximum absolute atomic E-state index is 13.2. The fourth-order valence-electron chi connectivity index (χ4n) is 3.34. The van der Waals surface area contributed by atoms with Crippen LogP contribution in [0.3, 0.4) is 0 Å². The minimum atomic E-state index is -0.691. The number of nitrogens with zero attached hydrogens (tertiary/aromatic N) is 3. The fourth-order valence-corrected chi connectivity index (χ4v) is 4.66. The molecule has 0 saturated carbocycles. The molecule has 1 N–H and O–H groups in total. The minimum Gasteiger partial charge on any atom is -0.325 e. The summed E-state index contributed by atoms with van der Waals surface area (Å²) in [6.07, 6.45) is -0.137. The number of carbonyl (C=O) groups excluding carboxylic acids is 2. The third-order valence-electron chi connectivity index (χ3n) is 4.99. The molecule has 1 fully saturated rings. The first kappa shape index (κ1) is 23.5. The van der Waals surface area contributed by atoms with E-state index in [1.54, 1.807) is 4.90 Å². The monoisotopic (exact) mass is 494 g/mol. The molecular formula is C24H19ClN4O4S. The summed E-state index contributed by atoms with van der Waals surface area (Å²) < 4.78 is 0. The van der Waals surface area contributed by atoms with Gasteiger partial charge in [0.1, 0.15) is 5.25 Å². The Morgan fingerprint density at radius 2 is 1.76 bits per heavy atom. The highest BCUT2D eigenvalue weighted by molar-refractivity contribution is 8.15. The molecule has 172 valence electrons. The van der Waals surface area contributed by atoms with Crippen LogP contribution in [0.25, 0.3) is 0 Å². The largest absolute Gasteiger partial charge is 0.325 e. The van der Waals surface area contributed by atoms with E-state index in [0.717, 1.165) is 5.56 Å². The Morgan fingerprint density at radius 1 is 1.09 bits per heavy atom. The maximum Gasteiger partial charge on any atom is 0.271 e. The predicted molar refractivity (Wildman–Crippen MR) is 133 cm³/mol. The van der Waals surface area contributed by atoms with Crippen molar-refractivity contribution in [1.82, 2.24) is 4.90 Å². The van der Waals surface area contributed by atoms with E-state index in [9.17, 15) is 19.7 Å². The third kappa shape index (κ3) is 5.62. The van der Waals surface area contributed by atoms with E-state index in [1.165, 1.54) is 30.0 Å². The van der Waals surface area contributed by atoms with Gasteiger partial charge in [0.25, 0.3) is 5.69 Å². The number of amides is 2. The molecule has 10 heteroatoms. The van der Waals surface area contributed by atoms with Crippen molar-refractivity contribution >= 4 is 57.4 Å². The normalized spacial score (nSPS) is 16.6. The highest BCUT2D eigenvalue weighted by atomic mass is 35.5. The quantitative estimate of drug-likeness (QED) is 0.349. The van der Waals surface area contributed by atoms with Crippen LogP contribution in [0.5, 0.6) is 0 Å². The van der Waals surface area contributed by atoms with Crippen molar-refractivity contribution in [3.8, 4) is 0 Å². The number of thioether (sulfide) groups is 1. The van der Waals surface area contributed by atoms with Gasteiger partial charge in [0.15, 0.2) is 5.17 Å². The first-order chi connectivity index (χ1) is 16.4. The van der Waals surface area contributed by atoms with Crippen LogP contribution in [0.15, 0.2) is 83.9 Å². The lowest BCUT2D eigenvalue weighted by molar-refractivity contribution is -0.384. The Balaban J connectivity index is 1.53. The summed E-state index contributed by atoms with van der Waals surface area (Å²) in [5, 5.41) is 13.6. The van der Waals surface area contributed by atoms with Crippen LogP contribution in [0.2, 0.25) is 5.02 Å². The zero-order valence-corrected chi connectivity index (χ0v) is 19.3. The van der Waals surface area contributed by atoms with Crippen LogP contribution in [-0.4, -0.2) is 32.1 Å². The number of benzene rings is 3. The standard InChI is InChI=1S/C24H19ClN4O4S/c25-19-12-11-18(29(32)33)13-20(19)27-22(30)14-21-23(31)28(15-16-7-3-1-4-8-16)24(34-21)26-17-9-5-2-6-10-17/h1-13,21H,14-15H2,(H,27,30). The molecule has 0 aromatic heterocycles. The number of amidine groups is 1. The van der Waals surface area contributed by atoms with Crippen molar-refractivity contribution < 1.29 is 14.5 Å². The summed E-state index contributed by atoms with van der Waals surface area (Å²) in [4.78, 5) is 42.6. The van der Waals surface area contributed by atoms with E-state index >= 15 is 0 Å². The number of nitro groups is 1. The summed E-state index contributed by atoms with van der Waals surface area (Å²) in [5.41, 5.74) is 1.56. The van der Waals surface area contributed by atoms with Gasteiger partial charge in [-0.3, -0.25) is 24.6 Å². The zero-order chi connectivity index (χ0) is 24.1. The summed E-state index contributed by atoms with van der Waals surface area (Å²) in [6, 6.07) is 22.6. The number of halogens is 1. The molecule has 1 atom stereocenters. The summed E-state index contributed by atoms with van der Waals surface area (Å²) in [7, 11) is 0. The Labute approximate surface area is 204 Å². The van der Waals surface area contributed by atoms with Crippen molar-refractivity contribution in [2.45, 2.75) is 18.2 Å². The molecule has 1 aliphatic rings. The van der Waals surface area contributed by atoms with Crippen LogP contribution in [0, 0.1) is 10.1 Å². The number of aliphatic imine (C=N–C) groups is 1. The molecule has 0 spiro atoms. The van der Waals surface area contributed by atoms with E-state index in [0.29, 0.717) is 17.4 Å². The van der Waals surface area contributed by atoms with Crippen molar-refractivity contribution in [3.05, 3.63) is 99.6 Å². The minimum absolute atomic E-state index is 0.121. The lowest BCUT2D eigenvalue weighted by atomic mass is 10.2. The van der Waals surface area contributed by atoms with Gasteiger partial charge >= 0.3 is 0 Å². The second kappa shape index (κ2) is 10.5. The molecule has 4 rings (SSSR count). The molecule has 2 amide bonds. The van der Waals surface area contributed by atoms with Gasteiger partial charge in [-0.25, -0.2) is 4.99 Å².